The number of hydrogen-bond donors (Lipinski definition) is 0. The van der Waals surface area contributed by atoms with Gasteiger partial charge >= 0.3 is 7.12 Å². The van der Waals surface area contributed by atoms with Crippen molar-refractivity contribution in [2.24, 2.45) is 0 Å². The van der Waals surface area contributed by atoms with E-state index in [2.05, 4.69) is 135 Å². The Balaban J connectivity index is 1.96. The average molecular weight is 489 g/mol. The summed E-state index contributed by atoms with van der Waals surface area (Å²) >= 11 is 0. The zero-order valence-corrected chi connectivity index (χ0v) is 26.2. The zero-order valence-electron chi connectivity index (χ0n) is 26.2. The van der Waals surface area contributed by atoms with Gasteiger partial charge in [-0.2, -0.15) is 0 Å². The van der Waals surface area contributed by atoms with Crippen molar-refractivity contribution in [1.29, 1.82) is 0 Å². The van der Waals surface area contributed by atoms with E-state index in [-0.39, 0.29) is 18.3 Å². The lowest BCUT2D eigenvalue weighted by Crippen LogP contribution is -2.59. The van der Waals surface area contributed by atoms with Gasteiger partial charge in [-0.1, -0.05) is 55.8 Å². The van der Waals surface area contributed by atoms with Crippen molar-refractivity contribution in [3.05, 3.63) is 24.3 Å². The molecule has 1 heterocycles. The molecule has 0 N–H and O–H groups in total. The summed E-state index contributed by atoms with van der Waals surface area (Å²) in [6.45, 7) is 8.41. The van der Waals surface area contributed by atoms with E-state index in [4.69, 9.17) is 9.31 Å². The van der Waals surface area contributed by atoms with Gasteiger partial charge in [-0.05, 0) is 45.3 Å². The van der Waals surface area contributed by atoms with Crippen molar-refractivity contribution in [3.63, 3.8) is 0 Å². The van der Waals surface area contributed by atoms with Gasteiger partial charge in [0.05, 0.1) is 11.2 Å². The number of hydrogen-bond acceptors (Lipinski definition) is 3. The number of anilines is 3. The maximum atomic E-state index is 6.35. The van der Waals surface area contributed by atoms with E-state index in [9.17, 15) is 0 Å². The molecule has 0 unspecified atom stereocenters. The van der Waals surface area contributed by atoms with E-state index in [1.54, 1.807) is 0 Å². The molecule has 0 bridgehead atoms. The third-order valence-electron chi connectivity index (χ3n) is 10.0. The summed E-state index contributed by atoms with van der Waals surface area (Å²) < 4.78 is 12.7. The molecule has 3 aromatic rings. The highest BCUT2D eigenvalue weighted by atomic mass is 16.7. The van der Waals surface area contributed by atoms with E-state index in [1.807, 2.05) is 0 Å². The first-order valence-corrected chi connectivity index (χ1v) is 13.9. The average Bonchev–Trinajstić information content (AvgIpc) is 3.09. The summed E-state index contributed by atoms with van der Waals surface area (Å²) in [5.74, 6) is 0. The minimum atomic E-state index is -0.373. The highest BCUT2D eigenvalue weighted by Crippen LogP contribution is 2.37. The van der Waals surface area contributed by atoms with Crippen LogP contribution in [0.3, 0.4) is 0 Å². The lowest BCUT2D eigenvalue weighted by Gasteiger charge is -2.36. The van der Waals surface area contributed by atoms with Gasteiger partial charge in [-0.15, -0.1) is 10.9 Å². The Bertz CT molecular complexity index is 1300. The second-order valence-electron chi connectivity index (χ2n) is 12.5. The predicted molar refractivity (Wildman–Crippen MR) is 199 cm³/mol. The molecule has 0 aromatic heterocycles. The quantitative estimate of drug-likeness (QED) is 0.340. The van der Waals surface area contributed by atoms with E-state index in [0.29, 0.717) is 0 Å². The summed E-state index contributed by atoms with van der Waals surface area (Å²) in [5.41, 5.74) is 17.5. The minimum absolute atomic E-state index is 0.362. The van der Waals surface area contributed by atoms with Gasteiger partial charge in [0.1, 0.15) is 78.5 Å². The van der Waals surface area contributed by atoms with Crippen LogP contribution in [0.25, 0.3) is 0 Å². The van der Waals surface area contributed by atoms with Crippen LogP contribution in [0.5, 0.6) is 0 Å². The summed E-state index contributed by atoms with van der Waals surface area (Å²) in [7, 11) is 22.2. The minimum Gasteiger partial charge on any atom is -0.399 e. The van der Waals surface area contributed by atoms with Crippen LogP contribution in [-0.4, -0.2) is 96.8 Å². The molecule has 0 spiro atoms. The van der Waals surface area contributed by atoms with Crippen molar-refractivity contribution < 1.29 is 9.31 Å². The number of benzene rings is 3. The van der Waals surface area contributed by atoms with Crippen LogP contribution in [0, 0.1) is 0 Å². The number of nitrogens with zero attached hydrogens (tertiary/aromatic N) is 1. The predicted octanol–water partition coefficient (Wildman–Crippen LogP) is -12.0. The maximum absolute atomic E-state index is 6.35. The van der Waals surface area contributed by atoms with Gasteiger partial charge in [0, 0.05) is 17.1 Å². The molecule has 0 saturated carbocycles. The standard InChI is InChI=1S/C24H36B11NO2/c1-23(2)24(3,4)38-35(37-23)9-5-7-10(8-6-9)36(21-17(31)13(27)11(25)14(28)18(21)32)22-19(33)15(29)12(26)16(30)20(22)34/h5-8H,25-34H2,1-4H3. The van der Waals surface area contributed by atoms with Crippen LogP contribution in [0.4, 0.5) is 17.1 Å². The van der Waals surface area contributed by atoms with Crippen molar-refractivity contribution in [3.8, 4) is 0 Å². The molecule has 0 amide bonds. The van der Waals surface area contributed by atoms with Gasteiger partial charge in [0.2, 0.25) is 0 Å². The van der Waals surface area contributed by atoms with E-state index in [1.165, 1.54) is 66.0 Å². The van der Waals surface area contributed by atoms with Gasteiger partial charge in [-0.3, -0.25) is 0 Å². The molecule has 1 saturated heterocycles. The molecule has 0 radical (unpaired) electrons. The molecule has 4 rings (SSSR count). The van der Waals surface area contributed by atoms with Crippen LogP contribution in [0.1, 0.15) is 27.7 Å². The van der Waals surface area contributed by atoms with Crippen LogP contribution in [0.15, 0.2) is 24.3 Å². The third kappa shape index (κ3) is 4.50. The van der Waals surface area contributed by atoms with Gasteiger partial charge < -0.3 is 14.2 Å². The fourth-order valence-electron chi connectivity index (χ4n) is 5.76. The van der Waals surface area contributed by atoms with Crippen molar-refractivity contribution in [2.75, 3.05) is 4.90 Å². The normalized spacial score (nSPS) is 16.1. The van der Waals surface area contributed by atoms with Crippen molar-refractivity contribution in [1.82, 2.24) is 0 Å². The third-order valence-corrected chi connectivity index (χ3v) is 10.0. The zero-order chi connectivity index (χ0) is 28.5. The summed E-state index contributed by atoms with van der Waals surface area (Å²) in [4.78, 5) is 2.50. The molecule has 182 valence electrons. The summed E-state index contributed by atoms with van der Waals surface area (Å²) in [6.07, 6.45) is 0. The molecular weight excluding hydrogens is 453 g/mol. The van der Waals surface area contributed by atoms with Crippen LogP contribution < -0.4 is 65.0 Å². The first-order valence-electron chi connectivity index (χ1n) is 13.9. The second kappa shape index (κ2) is 9.93. The maximum Gasteiger partial charge on any atom is 0.494 e. The van der Waals surface area contributed by atoms with Crippen molar-refractivity contribution in [2.45, 2.75) is 38.9 Å². The Kier molecular flexibility index (Phi) is 7.60. The fourth-order valence-corrected chi connectivity index (χ4v) is 5.76. The molecule has 0 aliphatic carbocycles. The highest BCUT2D eigenvalue weighted by molar-refractivity contribution is 6.71. The molecule has 1 aliphatic heterocycles. The van der Waals surface area contributed by atoms with E-state index in [0.717, 1.165) is 11.2 Å². The molecule has 1 fully saturated rings. The van der Waals surface area contributed by atoms with Gasteiger partial charge in [-0.25, -0.2) is 0 Å². The van der Waals surface area contributed by atoms with Crippen LogP contribution >= 0.6 is 0 Å². The molecule has 14 heteroatoms. The summed E-state index contributed by atoms with van der Waals surface area (Å²) in [6, 6.07) is 8.80. The first kappa shape index (κ1) is 29.1. The topological polar surface area (TPSA) is 21.7 Å². The largest absolute Gasteiger partial charge is 0.494 e. The molecule has 3 aromatic carbocycles. The Labute approximate surface area is 239 Å². The lowest BCUT2D eigenvalue weighted by molar-refractivity contribution is 0.00578. The Hall–Kier alpha value is -1.91. The molecule has 0 atom stereocenters. The van der Waals surface area contributed by atoms with E-state index < -0.39 is 0 Å². The molecule has 3 nitrogen and oxygen atoms in total. The van der Waals surface area contributed by atoms with Gasteiger partial charge in [0.25, 0.3) is 0 Å². The lowest BCUT2D eigenvalue weighted by atomic mass is 9.60. The SMILES string of the molecule is Bc1c(B)c(B)c(N(c2ccc(B3OC(C)(C)C(C)(C)O3)cc2)c2c(B)c(B)c(B)c(B)c2B)c(B)c1B. The second-order valence-corrected chi connectivity index (χ2v) is 12.5. The molecule has 38 heavy (non-hydrogen) atoms. The fraction of sp³-hybridized carbons (Fsp3) is 0.250. The van der Waals surface area contributed by atoms with Gasteiger partial charge in [0.15, 0.2) is 0 Å². The smallest absolute Gasteiger partial charge is 0.399 e. The Morgan fingerprint density at radius 3 is 1.11 bits per heavy atom. The van der Waals surface area contributed by atoms with Crippen molar-refractivity contribution >= 4 is 163 Å². The Morgan fingerprint density at radius 2 is 0.789 bits per heavy atom. The first-order chi connectivity index (χ1) is 17.5. The van der Waals surface area contributed by atoms with Crippen LogP contribution in [-0.2, 0) is 9.31 Å². The van der Waals surface area contributed by atoms with Crippen LogP contribution in [0.2, 0.25) is 0 Å². The monoisotopic (exact) mass is 491 g/mol. The number of rotatable bonds is 4. The van der Waals surface area contributed by atoms with E-state index >= 15 is 0 Å². The molecule has 1 aliphatic rings. The molecular formula is C24H36B11NO2. The highest BCUT2D eigenvalue weighted by Gasteiger charge is 2.51. The Morgan fingerprint density at radius 1 is 0.500 bits per heavy atom. The summed E-state index contributed by atoms with van der Waals surface area (Å²) in [5, 5.41) is 0.